The molecule has 2 amide bonds. The van der Waals surface area contributed by atoms with Gasteiger partial charge < -0.3 is 29.4 Å². The Balaban J connectivity index is 1.31. The molecule has 4 rings (SSSR count). The Morgan fingerprint density at radius 1 is 1.02 bits per heavy atom. The van der Waals surface area contributed by atoms with E-state index in [-0.39, 0.29) is 25.0 Å². The Labute approximate surface area is 284 Å². The minimum Gasteiger partial charge on any atom is -0.449 e. The summed E-state index contributed by atoms with van der Waals surface area (Å²) in [6.45, 7) is 5.17. The van der Waals surface area contributed by atoms with Gasteiger partial charge in [-0.1, -0.05) is 75.8 Å². The van der Waals surface area contributed by atoms with Crippen molar-refractivity contribution in [1.29, 1.82) is 0 Å². The largest absolute Gasteiger partial charge is 0.449 e. The van der Waals surface area contributed by atoms with Crippen LogP contribution in [0.15, 0.2) is 52.2 Å². The highest BCUT2D eigenvalue weighted by Gasteiger charge is 2.55. The van der Waals surface area contributed by atoms with E-state index in [4.69, 9.17) is 23.1 Å². The maximum Gasteiger partial charge on any atom is 0.422 e. The van der Waals surface area contributed by atoms with Gasteiger partial charge >= 0.3 is 22.1 Å². The summed E-state index contributed by atoms with van der Waals surface area (Å²) in [6, 6.07) is 9.18. The molecule has 4 N–H and O–H groups in total. The summed E-state index contributed by atoms with van der Waals surface area (Å²) in [6.07, 6.45) is 0.440. The number of nitrogens with one attached hydrogen (secondary N) is 3. The second-order valence-electron chi connectivity index (χ2n) is 12.4. The molecule has 0 saturated carbocycles. The average Bonchev–Trinajstić information content (AvgIpc) is 3.52. The van der Waals surface area contributed by atoms with Crippen LogP contribution in [-0.4, -0.2) is 72.0 Å². The standard InChI is InChI=1S/C32H46N4O12S/c1-4-5-6-7-8-9-13-16-23(37)33-28(25(39)21-14-11-10-12-15-21)48-49(42,43)35-31(41)44-20-18-22-26-27(47-32(2,3)46-26)29(45-22)36-19-17-24(38)34-30(36)40/h10-12,14-15,17,19,22,25-29,39H,4-9,13,16,18,20H2,1-3H3,(H,33,37)(H,35,41)(H,34,38,40)/t22-,25?,26-,27-,28?,29-/m1/s1. The molecule has 3 heterocycles. The van der Waals surface area contributed by atoms with Crippen LogP contribution in [0.1, 0.15) is 96.5 Å². The van der Waals surface area contributed by atoms with Crippen molar-refractivity contribution in [3.8, 4) is 0 Å². The summed E-state index contributed by atoms with van der Waals surface area (Å²) in [7, 11) is -4.89. The molecule has 2 aliphatic rings. The smallest absolute Gasteiger partial charge is 0.422 e. The summed E-state index contributed by atoms with van der Waals surface area (Å²) >= 11 is 0. The molecule has 0 radical (unpaired) electrons. The van der Waals surface area contributed by atoms with Gasteiger partial charge in [-0.25, -0.2) is 13.8 Å². The number of aromatic amines is 1. The topological polar surface area (TPSA) is 214 Å². The predicted octanol–water partition coefficient (Wildman–Crippen LogP) is 2.65. The van der Waals surface area contributed by atoms with Crippen molar-refractivity contribution < 1.29 is 46.2 Å². The van der Waals surface area contributed by atoms with Gasteiger partial charge in [0.2, 0.25) is 5.91 Å². The Kier molecular flexibility index (Phi) is 13.5. The fourth-order valence-electron chi connectivity index (χ4n) is 5.76. The summed E-state index contributed by atoms with van der Waals surface area (Å²) in [5.74, 6) is -1.54. The third-order valence-electron chi connectivity index (χ3n) is 8.06. The number of H-pyrrole nitrogens is 1. The van der Waals surface area contributed by atoms with E-state index in [1.807, 2.05) is 0 Å². The van der Waals surface area contributed by atoms with Gasteiger partial charge in [-0.15, -0.1) is 0 Å². The molecule has 17 heteroatoms. The highest BCUT2D eigenvalue weighted by Crippen LogP contribution is 2.43. The minimum absolute atomic E-state index is 0.0214. The van der Waals surface area contributed by atoms with Gasteiger partial charge in [0.15, 0.2) is 18.2 Å². The Morgan fingerprint density at radius 3 is 2.39 bits per heavy atom. The monoisotopic (exact) mass is 710 g/mol. The van der Waals surface area contributed by atoms with E-state index in [0.29, 0.717) is 6.42 Å². The van der Waals surface area contributed by atoms with Crippen LogP contribution in [0, 0.1) is 0 Å². The van der Waals surface area contributed by atoms with E-state index in [2.05, 4.69) is 17.2 Å². The lowest BCUT2D eigenvalue weighted by molar-refractivity contribution is -0.198. The number of nitrogens with zero attached hydrogens (tertiary/aromatic N) is 1. The minimum atomic E-state index is -4.89. The number of aliphatic hydroxyl groups is 1. The van der Waals surface area contributed by atoms with E-state index in [0.717, 1.165) is 49.2 Å². The zero-order valence-electron chi connectivity index (χ0n) is 27.9. The number of aromatic nitrogens is 2. The molecule has 272 valence electrons. The fraction of sp³-hybridized carbons (Fsp3) is 0.625. The van der Waals surface area contributed by atoms with E-state index >= 15 is 0 Å². The number of unbranched alkanes of at least 4 members (excludes halogenated alkanes) is 6. The van der Waals surface area contributed by atoms with Gasteiger partial charge in [-0.3, -0.25) is 19.1 Å². The molecule has 0 aliphatic carbocycles. The number of carbonyl (C=O) groups is 2. The van der Waals surface area contributed by atoms with Crippen molar-refractivity contribution in [2.45, 2.75) is 121 Å². The lowest BCUT2D eigenvalue weighted by atomic mass is 10.1. The maximum atomic E-state index is 12.8. The Morgan fingerprint density at radius 2 is 1.69 bits per heavy atom. The zero-order valence-corrected chi connectivity index (χ0v) is 28.7. The van der Waals surface area contributed by atoms with Gasteiger partial charge in [0.25, 0.3) is 5.56 Å². The summed E-state index contributed by atoms with van der Waals surface area (Å²) in [5.41, 5.74) is -1.02. The zero-order chi connectivity index (χ0) is 35.6. The molecule has 1 aromatic carbocycles. The molecule has 6 atom stereocenters. The number of hydrogen-bond acceptors (Lipinski definition) is 12. The fourth-order valence-corrected chi connectivity index (χ4v) is 6.49. The van der Waals surface area contributed by atoms with Crippen LogP contribution >= 0.6 is 0 Å². The molecule has 0 spiro atoms. The Hall–Kier alpha value is -3.61. The van der Waals surface area contributed by atoms with Crippen molar-refractivity contribution in [3.63, 3.8) is 0 Å². The van der Waals surface area contributed by atoms with Crippen LogP contribution in [-0.2, 0) is 38.2 Å². The summed E-state index contributed by atoms with van der Waals surface area (Å²) in [4.78, 5) is 51.3. The van der Waals surface area contributed by atoms with Crippen LogP contribution in [0.25, 0.3) is 0 Å². The van der Waals surface area contributed by atoms with Crippen LogP contribution in [0.2, 0.25) is 0 Å². The first-order valence-corrected chi connectivity index (χ1v) is 17.9. The van der Waals surface area contributed by atoms with Crippen molar-refractivity contribution in [3.05, 3.63) is 69.0 Å². The average molecular weight is 711 g/mol. The van der Waals surface area contributed by atoms with Gasteiger partial charge in [0.05, 0.1) is 12.7 Å². The van der Waals surface area contributed by atoms with Crippen molar-refractivity contribution >= 4 is 22.3 Å². The number of fused-ring (bicyclic) bond motifs is 1. The molecule has 16 nitrogen and oxygen atoms in total. The first kappa shape index (κ1) is 38.2. The number of amides is 2. The molecule has 49 heavy (non-hydrogen) atoms. The number of hydrogen-bond donors (Lipinski definition) is 4. The maximum absolute atomic E-state index is 12.8. The number of ether oxygens (including phenoxy) is 4. The van der Waals surface area contributed by atoms with Crippen LogP contribution < -0.4 is 21.3 Å². The van der Waals surface area contributed by atoms with Crippen LogP contribution in [0.3, 0.4) is 0 Å². The normalized spacial score (nSPS) is 22.6. The van der Waals surface area contributed by atoms with Crippen LogP contribution in [0.4, 0.5) is 4.79 Å². The highest BCUT2D eigenvalue weighted by molar-refractivity contribution is 7.85. The van der Waals surface area contributed by atoms with Gasteiger partial charge in [-0.05, 0) is 25.8 Å². The molecule has 2 aromatic rings. The molecular formula is C32H46N4O12S. The van der Waals surface area contributed by atoms with Crippen molar-refractivity contribution in [1.82, 2.24) is 19.6 Å². The van der Waals surface area contributed by atoms with Crippen molar-refractivity contribution in [2.75, 3.05) is 6.61 Å². The quantitative estimate of drug-likeness (QED) is 0.130. The SMILES string of the molecule is CCCCCCCCCC(=O)NC(OS(=O)(=O)NC(=O)OCC[C@H]1O[C@@H](n2ccc(=O)[nH]c2=O)[C@@H]2OC(C)(C)O[C@@H]21)C(O)c1ccccc1. The number of rotatable bonds is 18. The first-order chi connectivity index (χ1) is 23.3. The van der Waals surface area contributed by atoms with E-state index < -0.39 is 76.2 Å². The lowest BCUT2D eigenvalue weighted by Crippen LogP contribution is -2.45. The van der Waals surface area contributed by atoms with E-state index in [1.54, 1.807) is 36.8 Å². The molecule has 2 aliphatic heterocycles. The first-order valence-electron chi connectivity index (χ1n) is 16.5. The predicted molar refractivity (Wildman–Crippen MR) is 174 cm³/mol. The lowest BCUT2D eigenvalue weighted by Gasteiger charge is -2.25. The second-order valence-corrected chi connectivity index (χ2v) is 13.7. The second kappa shape index (κ2) is 17.4. The number of aliphatic hydroxyl groups excluding tert-OH is 1. The third kappa shape index (κ3) is 11.2. The van der Waals surface area contributed by atoms with Crippen LogP contribution in [0.5, 0.6) is 0 Å². The molecule has 2 saturated heterocycles. The molecule has 1 aromatic heterocycles. The molecule has 2 fully saturated rings. The van der Waals surface area contributed by atoms with Gasteiger partial charge in [0.1, 0.15) is 18.3 Å². The number of carbonyl (C=O) groups excluding carboxylic acids is 2. The summed E-state index contributed by atoms with van der Waals surface area (Å²) < 4.78 is 56.5. The highest BCUT2D eigenvalue weighted by atomic mass is 32.2. The third-order valence-corrected chi connectivity index (χ3v) is 8.94. The number of benzene rings is 1. The van der Waals surface area contributed by atoms with Gasteiger partial charge in [-0.2, -0.15) is 13.1 Å². The van der Waals surface area contributed by atoms with Gasteiger partial charge in [0, 0.05) is 25.1 Å². The van der Waals surface area contributed by atoms with E-state index in [1.165, 1.54) is 18.3 Å². The molecular weight excluding hydrogens is 664 g/mol. The van der Waals surface area contributed by atoms with E-state index in [9.17, 15) is 32.7 Å². The molecule has 2 unspecified atom stereocenters. The molecule has 0 bridgehead atoms. The summed E-state index contributed by atoms with van der Waals surface area (Å²) in [5, 5.41) is 13.3. The van der Waals surface area contributed by atoms with Crippen molar-refractivity contribution in [2.24, 2.45) is 0 Å². The Bertz CT molecular complexity index is 1610.